The smallest absolute Gasteiger partial charge is 0.202 e. The number of anilines is 1. The number of hydrogen-bond acceptors (Lipinski definition) is 5. The van der Waals surface area contributed by atoms with Crippen LogP contribution in [0.5, 0.6) is 5.75 Å². The van der Waals surface area contributed by atoms with E-state index >= 15 is 0 Å². The first kappa shape index (κ1) is 15.0. The minimum atomic E-state index is -0.352. The van der Waals surface area contributed by atoms with E-state index in [9.17, 15) is 0 Å². The molecule has 1 unspecified atom stereocenters. The number of aliphatic imine (C=N–C) groups is 1. The number of benzene rings is 2. The number of rotatable bonds is 4. The largest absolute Gasteiger partial charge is 0.490 e. The van der Waals surface area contributed by atoms with E-state index in [0.29, 0.717) is 6.10 Å². The molecule has 1 saturated carbocycles. The van der Waals surface area contributed by atoms with Gasteiger partial charge in [-0.3, -0.25) is 0 Å². The maximum absolute atomic E-state index is 5.99. The first-order valence-electron chi connectivity index (χ1n) is 8.40. The highest BCUT2D eigenvalue weighted by molar-refractivity contribution is 5.99. The maximum atomic E-state index is 5.99. The van der Waals surface area contributed by atoms with Crippen LogP contribution in [0.1, 0.15) is 43.0 Å². The summed E-state index contributed by atoms with van der Waals surface area (Å²) in [6, 6.07) is 15.5. The lowest BCUT2D eigenvalue weighted by molar-refractivity contribution is 0.0377. The predicted molar refractivity (Wildman–Crippen MR) is 93.7 cm³/mol. The Labute approximate surface area is 141 Å². The average molecular weight is 323 g/mol. The van der Waals surface area contributed by atoms with Crippen LogP contribution in [0, 0.1) is 0 Å². The first-order chi connectivity index (χ1) is 11.8. The Morgan fingerprint density at radius 2 is 1.71 bits per heavy atom. The van der Waals surface area contributed by atoms with E-state index in [-0.39, 0.29) is 6.23 Å². The summed E-state index contributed by atoms with van der Waals surface area (Å²) in [5.74, 6) is 1.64. The van der Waals surface area contributed by atoms with Crippen molar-refractivity contribution in [3.8, 4) is 5.75 Å². The normalized spacial score (nSPS) is 20.7. The van der Waals surface area contributed by atoms with Crippen LogP contribution in [-0.4, -0.2) is 11.9 Å². The fraction of sp³-hybridized carbons (Fsp3) is 0.316. The summed E-state index contributed by atoms with van der Waals surface area (Å²) in [5.41, 5.74) is 11.3. The molecule has 5 heteroatoms. The van der Waals surface area contributed by atoms with E-state index in [0.717, 1.165) is 41.2 Å². The summed E-state index contributed by atoms with van der Waals surface area (Å²) in [6.07, 6.45) is 4.88. The van der Waals surface area contributed by atoms with E-state index in [1.165, 1.54) is 12.8 Å². The lowest BCUT2D eigenvalue weighted by Gasteiger charge is -2.13. The zero-order valence-corrected chi connectivity index (χ0v) is 13.4. The van der Waals surface area contributed by atoms with Crippen LogP contribution in [0.4, 0.5) is 5.69 Å². The Bertz CT molecular complexity index is 719. The summed E-state index contributed by atoms with van der Waals surface area (Å²) in [6.45, 7) is 0. The molecule has 0 spiro atoms. The van der Waals surface area contributed by atoms with E-state index in [4.69, 9.17) is 15.3 Å². The van der Waals surface area contributed by atoms with Gasteiger partial charge in [-0.25, -0.2) is 15.3 Å². The molecule has 1 heterocycles. The Balaban J connectivity index is 1.45. The van der Waals surface area contributed by atoms with Crippen molar-refractivity contribution in [2.45, 2.75) is 38.0 Å². The van der Waals surface area contributed by atoms with E-state index < -0.39 is 0 Å². The second-order valence-electron chi connectivity index (χ2n) is 6.27. The second kappa shape index (κ2) is 6.53. The molecule has 0 bridgehead atoms. The van der Waals surface area contributed by atoms with Crippen molar-refractivity contribution in [3.63, 3.8) is 0 Å². The van der Waals surface area contributed by atoms with Gasteiger partial charge >= 0.3 is 0 Å². The van der Waals surface area contributed by atoms with Gasteiger partial charge in [-0.2, -0.15) is 0 Å². The quantitative estimate of drug-likeness (QED) is 0.844. The van der Waals surface area contributed by atoms with Crippen LogP contribution in [0.2, 0.25) is 0 Å². The van der Waals surface area contributed by atoms with Gasteiger partial charge in [-0.1, -0.05) is 12.1 Å². The Morgan fingerprint density at radius 1 is 1.00 bits per heavy atom. The molecule has 5 nitrogen and oxygen atoms in total. The van der Waals surface area contributed by atoms with Crippen LogP contribution in [0.15, 0.2) is 53.5 Å². The second-order valence-corrected chi connectivity index (χ2v) is 6.27. The molecule has 1 aliphatic heterocycles. The summed E-state index contributed by atoms with van der Waals surface area (Å²) in [5, 5.41) is 0. The lowest BCUT2D eigenvalue weighted by Crippen LogP contribution is -2.18. The van der Waals surface area contributed by atoms with E-state index in [1.54, 1.807) is 0 Å². The molecule has 2 aromatic carbocycles. The Morgan fingerprint density at radius 3 is 2.42 bits per heavy atom. The highest BCUT2D eigenvalue weighted by Gasteiger charge is 2.21. The molecular formula is C19H21N3O2. The third-order valence-corrected chi connectivity index (χ3v) is 4.47. The third-order valence-electron chi connectivity index (χ3n) is 4.47. The number of ether oxygens (including phenoxy) is 1. The number of amidine groups is 1. The number of nitrogens with zero attached hydrogens (tertiary/aromatic N) is 1. The zero-order chi connectivity index (χ0) is 16.4. The van der Waals surface area contributed by atoms with Gasteiger partial charge in [0.2, 0.25) is 6.23 Å². The number of nitrogens with one attached hydrogen (secondary N) is 1. The van der Waals surface area contributed by atoms with Gasteiger partial charge in [-0.05, 0) is 62.1 Å². The van der Waals surface area contributed by atoms with Gasteiger partial charge in [0.15, 0.2) is 5.84 Å². The molecule has 2 aromatic rings. The number of nitrogen functional groups attached to an aromatic ring is 1. The fourth-order valence-corrected chi connectivity index (χ4v) is 3.11. The first-order valence-corrected chi connectivity index (χ1v) is 8.40. The number of nitrogens with two attached hydrogens (primary N) is 1. The molecule has 0 amide bonds. The van der Waals surface area contributed by atoms with Crippen molar-refractivity contribution in [1.82, 2.24) is 5.48 Å². The van der Waals surface area contributed by atoms with Crippen LogP contribution >= 0.6 is 0 Å². The van der Waals surface area contributed by atoms with Gasteiger partial charge < -0.3 is 10.5 Å². The molecule has 124 valence electrons. The third kappa shape index (κ3) is 3.21. The van der Waals surface area contributed by atoms with Gasteiger partial charge in [0, 0.05) is 16.8 Å². The molecule has 0 saturated heterocycles. The summed E-state index contributed by atoms with van der Waals surface area (Å²) < 4.78 is 5.99. The van der Waals surface area contributed by atoms with Crippen LogP contribution < -0.4 is 16.0 Å². The topological polar surface area (TPSA) is 68.9 Å². The van der Waals surface area contributed by atoms with Crippen LogP contribution in [0.25, 0.3) is 0 Å². The zero-order valence-electron chi connectivity index (χ0n) is 13.4. The molecule has 1 aliphatic carbocycles. The molecule has 0 aromatic heterocycles. The van der Waals surface area contributed by atoms with Gasteiger partial charge in [0.25, 0.3) is 0 Å². The van der Waals surface area contributed by atoms with Gasteiger partial charge in [0.05, 0.1) is 6.10 Å². The monoisotopic (exact) mass is 323 g/mol. The molecule has 0 radical (unpaired) electrons. The van der Waals surface area contributed by atoms with Crippen molar-refractivity contribution in [2.24, 2.45) is 4.99 Å². The van der Waals surface area contributed by atoms with Crippen molar-refractivity contribution < 1.29 is 9.57 Å². The molecule has 2 aliphatic rings. The average Bonchev–Trinajstić information content (AvgIpc) is 3.28. The predicted octanol–water partition coefficient (Wildman–Crippen LogP) is 3.57. The molecule has 24 heavy (non-hydrogen) atoms. The van der Waals surface area contributed by atoms with Gasteiger partial charge in [0.1, 0.15) is 5.75 Å². The highest BCUT2D eigenvalue weighted by atomic mass is 16.7. The van der Waals surface area contributed by atoms with Crippen molar-refractivity contribution in [3.05, 3.63) is 59.7 Å². The number of hydrogen-bond donors (Lipinski definition) is 2. The molecule has 1 fully saturated rings. The highest BCUT2D eigenvalue weighted by Crippen LogP contribution is 2.26. The number of hydroxylamine groups is 1. The summed E-state index contributed by atoms with van der Waals surface area (Å²) >= 11 is 0. The fourth-order valence-electron chi connectivity index (χ4n) is 3.11. The molecular weight excluding hydrogens is 302 g/mol. The molecule has 4 rings (SSSR count). The SMILES string of the molecule is Nc1ccc(C2N=C(c3ccc(OC4CCCC4)cc3)NO2)cc1. The van der Waals surface area contributed by atoms with Crippen LogP contribution in [-0.2, 0) is 4.84 Å². The Kier molecular flexibility index (Phi) is 4.09. The standard InChI is InChI=1S/C19H21N3O2/c20-15-9-5-14(6-10-15)19-21-18(22-24-19)13-7-11-17(12-8-13)23-16-3-1-2-4-16/h5-12,16,19H,1-4,20H2,(H,21,22). The van der Waals surface area contributed by atoms with Crippen molar-refractivity contribution >= 4 is 11.5 Å². The lowest BCUT2D eigenvalue weighted by atomic mass is 10.1. The minimum absolute atomic E-state index is 0.352. The van der Waals surface area contributed by atoms with Crippen LogP contribution in [0.3, 0.4) is 0 Å². The van der Waals surface area contributed by atoms with E-state index in [1.807, 2.05) is 48.5 Å². The van der Waals surface area contributed by atoms with Crippen molar-refractivity contribution in [2.75, 3.05) is 5.73 Å². The maximum Gasteiger partial charge on any atom is 0.202 e. The molecule has 1 atom stereocenters. The Hall–Kier alpha value is -2.53. The van der Waals surface area contributed by atoms with Gasteiger partial charge in [-0.15, -0.1) is 0 Å². The summed E-state index contributed by atoms with van der Waals surface area (Å²) in [7, 11) is 0. The summed E-state index contributed by atoms with van der Waals surface area (Å²) in [4.78, 5) is 10.2. The minimum Gasteiger partial charge on any atom is -0.490 e. The molecule has 3 N–H and O–H groups in total. The van der Waals surface area contributed by atoms with Crippen molar-refractivity contribution in [1.29, 1.82) is 0 Å². The van der Waals surface area contributed by atoms with E-state index in [2.05, 4.69) is 10.5 Å².